The van der Waals surface area contributed by atoms with Gasteiger partial charge in [0.25, 0.3) is 0 Å². The third kappa shape index (κ3) is 3.03. The van der Waals surface area contributed by atoms with Crippen molar-refractivity contribution >= 4 is 35.1 Å². The number of aromatic carboxylic acids is 1. The van der Waals surface area contributed by atoms with Gasteiger partial charge in [-0.1, -0.05) is 11.6 Å². The number of amides is 2. The highest BCUT2D eigenvalue weighted by Gasteiger charge is 2.27. The van der Waals surface area contributed by atoms with Crippen molar-refractivity contribution < 1.29 is 19.5 Å². The van der Waals surface area contributed by atoms with Gasteiger partial charge in [-0.15, -0.1) is 0 Å². The van der Waals surface area contributed by atoms with Gasteiger partial charge >= 0.3 is 5.97 Å². The van der Waals surface area contributed by atoms with Crippen molar-refractivity contribution in [3.05, 3.63) is 28.8 Å². The largest absolute Gasteiger partial charge is 0.478 e. The molecule has 100 valence electrons. The molecule has 1 fully saturated rings. The lowest BCUT2D eigenvalue weighted by atomic mass is 10.1. The van der Waals surface area contributed by atoms with Crippen LogP contribution in [0.5, 0.6) is 0 Å². The third-order valence-electron chi connectivity index (χ3n) is 2.78. The number of hydrogen-bond acceptors (Lipinski definition) is 3. The fourth-order valence-corrected chi connectivity index (χ4v) is 2.01. The van der Waals surface area contributed by atoms with E-state index in [1.165, 1.54) is 18.2 Å². The first kappa shape index (κ1) is 13.4. The number of benzene rings is 1. The maximum Gasteiger partial charge on any atom is 0.337 e. The first-order valence-electron chi connectivity index (χ1n) is 5.60. The number of nitrogens with one attached hydrogen (secondary N) is 2. The van der Waals surface area contributed by atoms with Crippen LogP contribution in [0.15, 0.2) is 18.2 Å². The Hall–Kier alpha value is -2.08. The van der Waals surface area contributed by atoms with Gasteiger partial charge < -0.3 is 15.7 Å². The molecule has 1 heterocycles. The van der Waals surface area contributed by atoms with E-state index in [1.807, 2.05) is 0 Å². The molecule has 0 bridgehead atoms. The summed E-state index contributed by atoms with van der Waals surface area (Å²) in [6, 6.07) is 3.47. The average molecular weight is 283 g/mol. The van der Waals surface area contributed by atoms with Gasteiger partial charge in [0, 0.05) is 11.4 Å². The first-order valence-corrected chi connectivity index (χ1v) is 5.98. The Morgan fingerprint density at radius 3 is 2.74 bits per heavy atom. The number of carbonyl (C=O) groups is 3. The summed E-state index contributed by atoms with van der Waals surface area (Å²) in [5, 5.41) is 14.3. The van der Waals surface area contributed by atoms with Crippen molar-refractivity contribution in [3.63, 3.8) is 0 Å². The van der Waals surface area contributed by atoms with Crippen LogP contribution in [0.3, 0.4) is 0 Å². The Morgan fingerprint density at radius 2 is 2.16 bits per heavy atom. The second-order valence-corrected chi connectivity index (χ2v) is 4.58. The molecule has 2 rings (SSSR count). The number of carbonyl (C=O) groups excluding carboxylic acids is 2. The lowest BCUT2D eigenvalue weighted by Crippen LogP contribution is -2.37. The predicted octanol–water partition coefficient (Wildman–Crippen LogP) is 1.26. The Morgan fingerprint density at radius 1 is 1.42 bits per heavy atom. The third-order valence-corrected chi connectivity index (χ3v) is 3.02. The van der Waals surface area contributed by atoms with Gasteiger partial charge in [0.2, 0.25) is 11.8 Å². The summed E-state index contributed by atoms with van der Waals surface area (Å²) in [7, 11) is 0. The molecule has 1 aromatic rings. The summed E-state index contributed by atoms with van der Waals surface area (Å²) >= 11 is 5.77. The molecule has 0 aliphatic carbocycles. The zero-order chi connectivity index (χ0) is 14.0. The van der Waals surface area contributed by atoms with Crippen molar-refractivity contribution in [2.24, 2.45) is 0 Å². The fraction of sp³-hybridized carbons (Fsp3) is 0.250. The number of anilines is 1. The molecule has 0 spiro atoms. The molecular weight excluding hydrogens is 272 g/mol. The van der Waals surface area contributed by atoms with E-state index in [1.54, 1.807) is 0 Å². The lowest BCUT2D eigenvalue weighted by Gasteiger charge is -2.13. The van der Waals surface area contributed by atoms with Crippen LogP contribution in [0, 0.1) is 0 Å². The smallest absolute Gasteiger partial charge is 0.337 e. The van der Waals surface area contributed by atoms with E-state index >= 15 is 0 Å². The molecule has 19 heavy (non-hydrogen) atoms. The van der Waals surface area contributed by atoms with Crippen molar-refractivity contribution in [1.29, 1.82) is 0 Å². The van der Waals surface area contributed by atoms with Crippen LogP contribution in [0.2, 0.25) is 5.02 Å². The minimum absolute atomic E-state index is 0.0536. The highest BCUT2D eigenvalue weighted by molar-refractivity contribution is 6.31. The molecule has 0 saturated carbocycles. The Kier molecular flexibility index (Phi) is 3.71. The van der Waals surface area contributed by atoms with E-state index in [0.29, 0.717) is 17.9 Å². The quantitative estimate of drug-likeness (QED) is 0.777. The van der Waals surface area contributed by atoms with Gasteiger partial charge in [0.1, 0.15) is 6.04 Å². The van der Waals surface area contributed by atoms with Gasteiger partial charge in [-0.05, 0) is 24.6 Å². The van der Waals surface area contributed by atoms with Gasteiger partial charge in [-0.3, -0.25) is 9.59 Å². The van der Waals surface area contributed by atoms with E-state index in [2.05, 4.69) is 10.6 Å². The van der Waals surface area contributed by atoms with Crippen molar-refractivity contribution in [2.75, 3.05) is 5.32 Å². The van der Waals surface area contributed by atoms with Crippen LogP contribution >= 0.6 is 11.6 Å². The normalized spacial score (nSPS) is 17.9. The maximum absolute atomic E-state index is 11.9. The van der Waals surface area contributed by atoms with Crippen LogP contribution in [0.25, 0.3) is 0 Å². The number of carboxylic acids is 1. The highest BCUT2D eigenvalue weighted by atomic mass is 35.5. The Bertz CT molecular complexity index is 559. The van der Waals surface area contributed by atoms with Crippen LogP contribution in [-0.4, -0.2) is 28.9 Å². The van der Waals surface area contributed by atoms with Crippen LogP contribution < -0.4 is 10.6 Å². The molecule has 1 atom stereocenters. The number of hydrogen-bond donors (Lipinski definition) is 3. The van der Waals surface area contributed by atoms with Crippen LogP contribution in [-0.2, 0) is 9.59 Å². The highest BCUT2D eigenvalue weighted by Crippen LogP contribution is 2.22. The van der Waals surface area contributed by atoms with E-state index < -0.39 is 17.9 Å². The maximum atomic E-state index is 11.9. The van der Waals surface area contributed by atoms with Crippen molar-refractivity contribution in [3.8, 4) is 0 Å². The average Bonchev–Trinajstić information content (AvgIpc) is 2.75. The monoisotopic (exact) mass is 282 g/mol. The molecule has 3 N–H and O–H groups in total. The number of rotatable bonds is 3. The SMILES string of the molecule is O=C1CC[C@H](C(=O)Nc2cc(Cl)ccc2C(=O)O)N1. The van der Waals surface area contributed by atoms with Gasteiger partial charge in [0.15, 0.2) is 0 Å². The van der Waals surface area contributed by atoms with Crippen molar-refractivity contribution in [1.82, 2.24) is 5.32 Å². The number of carboxylic acid groups (broad SMARTS) is 1. The second-order valence-electron chi connectivity index (χ2n) is 4.14. The summed E-state index contributed by atoms with van der Waals surface area (Å²) in [6.45, 7) is 0. The molecule has 1 saturated heterocycles. The Labute approximate surface area is 113 Å². The molecule has 1 aromatic carbocycles. The van der Waals surface area contributed by atoms with Gasteiger partial charge in [-0.25, -0.2) is 4.79 Å². The summed E-state index contributed by atoms with van der Waals surface area (Å²) in [6.07, 6.45) is 0.688. The molecule has 1 aliphatic rings. The number of halogens is 1. The van der Waals surface area contributed by atoms with E-state index in [-0.39, 0.29) is 17.2 Å². The van der Waals surface area contributed by atoms with Gasteiger partial charge in [0.05, 0.1) is 11.3 Å². The van der Waals surface area contributed by atoms with Crippen LogP contribution in [0.1, 0.15) is 23.2 Å². The zero-order valence-corrected chi connectivity index (χ0v) is 10.5. The van der Waals surface area contributed by atoms with Crippen molar-refractivity contribution in [2.45, 2.75) is 18.9 Å². The van der Waals surface area contributed by atoms with Gasteiger partial charge in [-0.2, -0.15) is 0 Å². The van der Waals surface area contributed by atoms with E-state index in [4.69, 9.17) is 16.7 Å². The predicted molar refractivity (Wildman–Crippen MR) is 68.2 cm³/mol. The van der Waals surface area contributed by atoms with E-state index in [9.17, 15) is 14.4 Å². The molecule has 1 aliphatic heterocycles. The summed E-state index contributed by atoms with van der Waals surface area (Å²) in [4.78, 5) is 33.9. The molecule has 0 unspecified atom stereocenters. The summed E-state index contributed by atoms with van der Waals surface area (Å²) in [5.41, 5.74) is 0.0632. The molecule has 0 radical (unpaired) electrons. The molecule has 6 nitrogen and oxygen atoms in total. The second kappa shape index (κ2) is 5.27. The lowest BCUT2D eigenvalue weighted by molar-refractivity contribution is -0.122. The minimum atomic E-state index is -1.16. The molecule has 0 aromatic heterocycles. The first-order chi connectivity index (χ1) is 8.97. The molecule has 7 heteroatoms. The molecule has 2 amide bonds. The Balaban J connectivity index is 2.18. The summed E-state index contributed by atoms with van der Waals surface area (Å²) < 4.78 is 0. The standard InChI is InChI=1S/C12H11ClN2O4/c13-6-1-2-7(12(18)19)9(5-6)15-11(17)8-3-4-10(16)14-8/h1-2,5,8H,3-4H2,(H,14,16)(H,15,17)(H,18,19)/t8-/m1/s1. The zero-order valence-electron chi connectivity index (χ0n) is 9.77. The fourth-order valence-electron chi connectivity index (χ4n) is 1.84. The minimum Gasteiger partial charge on any atom is -0.478 e. The molecular formula is C12H11ClN2O4. The van der Waals surface area contributed by atoms with Crippen LogP contribution in [0.4, 0.5) is 5.69 Å². The topological polar surface area (TPSA) is 95.5 Å². The van der Waals surface area contributed by atoms with E-state index in [0.717, 1.165) is 0 Å². The summed E-state index contributed by atoms with van der Waals surface area (Å²) in [5.74, 6) is -1.80.